The summed E-state index contributed by atoms with van der Waals surface area (Å²) >= 11 is 0. The first-order chi connectivity index (χ1) is 8.94. The Morgan fingerprint density at radius 3 is 2.63 bits per heavy atom. The summed E-state index contributed by atoms with van der Waals surface area (Å²) in [6.07, 6.45) is 0.905. The van der Waals surface area contributed by atoms with E-state index in [0.29, 0.717) is 0 Å². The predicted molar refractivity (Wildman–Crippen MR) is 75.7 cm³/mol. The van der Waals surface area contributed by atoms with Crippen LogP contribution in [0.5, 0.6) is 0 Å². The van der Waals surface area contributed by atoms with E-state index in [-0.39, 0.29) is 17.5 Å². The van der Waals surface area contributed by atoms with Crippen LogP contribution in [-0.2, 0) is 16.1 Å². The molecule has 0 radical (unpaired) electrons. The number of hydrogen-bond donors (Lipinski definition) is 0. The zero-order valence-corrected chi connectivity index (χ0v) is 12.1. The lowest BCUT2D eigenvalue weighted by Crippen LogP contribution is -2.30. The SMILES string of the molecule is CC(C)(C)OC(=O)[C@H]1CCN(Cc2ccccc2)C1. The maximum atomic E-state index is 12.0. The van der Waals surface area contributed by atoms with E-state index in [1.807, 2.05) is 26.8 Å². The van der Waals surface area contributed by atoms with Crippen molar-refractivity contribution in [2.75, 3.05) is 13.1 Å². The van der Waals surface area contributed by atoms with Crippen LogP contribution < -0.4 is 0 Å². The highest BCUT2D eigenvalue weighted by Crippen LogP contribution is 2.22. The molecule has 19 heavy (non-hydrogen) atoms. The van der Waals surface area contributed by atoms with Gasteiger partial charge in [0.1, 0.15) is 5.60 Å². The lowest BCUT2D eigenvalue weighted by molar-refractivity contribution is -0.159. The molecule has 1 aliphatic rings. The van der Waals surface area contributed by atoms with Crippen molar-refractivity contribution in [1.82, 2.24) is 4.90 Å². The van der Waals surface area contributed by atoms with Gasteiger partial charge < -0.3 is 4.74 Å². The minimum Gasteiger partial charge on any atom is -0.460 e. The van der Waals surface area contributed by atoms with Gasteiger partial charge in [-0.25, -0.2) is 0 Å². The Bertz CT molecular complexity index is 422. The van der Waals surface area contributed by atoms with Crippen LogP contribution >= 0.6 is 0 Å². The van der Waals surface area contributed by atoms with Crippen molar-refractivity contribution in [2.24, 2.45) is 5.92 Å². The van der Waals surface area contributed by atoms with Crippen molar-refractivity contribution < 1.29 is 9.53 Å². The van der Waals surface area contributed by atoms with Crippen molar-refractivity contribution in [2.45, 2.75) is 39.3 Å². The van der Waals surface area contributed by atoms with E-state index in [9.17, 15) is 4.79 Å². The van der Waals surface area contributed by atoms with Gasteiger partial charge in [-0.05, 0) is 39.3 Å². The molecular formula is C16H23NO2. The molecule has 104 valence electrons. The molecule has 0 unspecified atom stereocenters. The number of esters is 1. The van der Waals surface area contributed by atoms with E-state index < -0.39 is 0 Å². The summed E-state index contributed by atoms with van der Waals surface area (Å²) in [5.41, 5.74) is 0.913. The van der Waals surface area contributed by atoms with Crippen molar-refractivity contribution >= 4 is 5.97 Å². The smallest absolute Gasteiger partial charge is 0.310 e. The maximum absolute atomic E-state index is 12.0. The number of likely N-dealkylation sites (tertiary alicyclic amines) is 1. The highest BCUT2D eigenvalue weighted by Gasteiger charge is 2.31. The monoisotopic (exact) mass is 261 g/mol. The first kappa shape index (κ1) is 14.1. The summed E-state index contributed by atoms with van der Waals surface area (Å²) in [6, 6.07) is 10.4. The number of benzene rings is 1. The fraction of sp³-hybridized carbons (Fsp3) is 0.562. The summed E-state index contributed by atoms with van der Waals surface area (Å²) in [4.78, 5) is 14.3. The highest BCUT2D eigenvalue weighted by atomic mass is 16.6. The van der Waals surface area contributed by atoms with Crippen LogP contribution in [0, 0.1) is 5.92 Å². The molecule has 0 amide bonds. The molecule has 1 atom stereocenters. The summed E-state index contributed by atoms with van der Waals surface area (Å²) < 4.78 is 5.45. The fourth-order valence-corrected chi connectivity index (χ4v) is 2.40. The van der Waals surface area contributed by atoms with Crippen LogP contribution in [0.15, 0.2) is 30.3 Å². The minimum absolute atomic E-state index is 0.0305. The summed E-state index contributed by atoms with van der Waals surface area (Å²) in [6.45, 7) is 8.45. The summed E-state index contributed by atoms with van der Waals surface area (Å²) in [5, 5.41) is 0. The van der Waals surface area contributed by atoms with Crippen LogP contribution in [0.25, 0.3) is 0 Å². The zero-order chi connectivity index (χ0) is 13.9. The first-order valence-electron chi connectivity index (χ1n) is 6.93. The molecule has 0 bridgehead atoms. The van der Waals surface area contributed by atoms with E-state index in [1.54, 1.807) is 0 Å². The lowest BCUT2D eigenvalue weighted by Gasteiger charge is -2.22. The second-order valence-corrected chi connectivity index (χ2v) is 6.24. The molecule has 3 nitrogen and oxygen atoms in total. The van der Waals surface area contributed by atoms with E-state index in [0.717, 1.165) is 26.1 Å². The van der Waals surface area contributed by atoms with Crippen LogP contribution in [0.2, 0.25) is 0 Å². The highest BCUT2D eigenvalue weighted by molar-refractivity contribution is 5.73. The Morgan fingerprint density at radius 2 is 2.00 bits per heavy atom. The van der Waals surface area contributed by atoms with Gasteiger partial charge in [0.05, 0.1) is 5.92 Å². The van der Waals surface area contributed by atoms with E-state index >= 15 is 0 Å². The Kier molecular flexibility index (Phi) is 4.25. The number of carbonyl (C=O) groups is 1. The molecular weight excluding hydrogens is 238 g/mol. The molecule has 0 aromatic heterocycles. The molecule has 0 aliphatic carbocycles. The van der Waals surface area contributed by atoms with Crippen molar-refractivity contribution in [3.8, 4) is 0 Å². The standard InChI is InChI=1S/C16H23NO2/c1-16(2,3)19-15(18)14-9-10-17(12-14)11-13-7-5-4-6-8-13/h4-8,14H,9-12H2,1-3H3/t14-/m0/s1. The van der Waals surface area contributed by atoms with Crippen molar-refractivity contribution in [1.29, 1.82) is 0 Å². The van der Waals surface area contributed by atoms with E-state index in [1.165, 1.54) is 5.56 Å². The van der Waals surface area contributed by atoms with Crippen molar-refractivity contribution in [3.05, 3.63) is 35.9 Å². The minimum atomic E-state index is -0.385. The summed E-state index contributed by atoms with van der Waals surface area (Å²) in [7, 11) is 0. The Morgan fingerprint density at radius 1 is 1.32 bits per heavy atom. The second-order valence-electron chi connectivity index (χ2n) is 6.24. The number of ether oxygens (including phenoxy) is 1. The lowest BCUT2D eigenvalue weighted by atomic mass is 10.1. The van der Waals surface area contributed by atoms with E-state index in [2.05, 4.69) is 29.2 Å². The Labute approximate surface area is 115 Å². The van der Waals surface area contributed by atoms with E-state index in [4.69, 9.17) is 4.74 Å². The molecule has 1 aliphatic heterocycles. The molecule has 1 aromatic rings. The average molecular weight is 261 g/mol. The molecule has 3 heteroatoms. The van der Waals surface area contributed by atoms with Crippen LogP contribution in [0.3, 0.4) is 0 Å². The van der Waals surface area contributed by atoms with Crippen LogP contribution in [0.1, 0.15) is 32.8 Å². The molecule has 0 N–H and O–H groups in total. The maximum Gasteiger partial charge on any atom is 0.310 e. The first-order valence-corrected chi connectivity index (χ1v) is 6.93. The Balaban J connectivity index is 1.85. The molecule has 1 aromatic carbocycles. The predicted octanol–water partition coefficient (Wildman–Crippen LogP) is 2.85. The normalized spacial score (nSPS) is 20.5. The fourth-order valence-electron chi connectivity index (χ4n) is 2.40. The van der Waals surface area contributed by atoms with Gasteiger partial charge in [0.2, 0.25) is 0 Å². The zero-order valence-electron chi connectivity index (χ0n) is 12.1. The Hall–Kier alpha value is -1.35. The van der Waals surface area contributed by atoms with Gasteiger partial charge in [0.15, 0.2) is 0 Å². The summed E-state index contributed by atoms with van der Waals surface area (Å²) in [5.74, 6) is -0.0222. The molecule has 1 fully saturated rings. The topological polar surface area (TPSA) is 29.5 Å². The second kappa shape index (κ2) is 5.74. The molecule has 2 rings (SSSR count). The van der Waals surface area contributed by atoms with Crippen LogP contribution in [-0.4, -0.2) is 29.6 Å². The third-order valence-electron chi connectivity index (χ3n) is 3.26. The molecule has 0 saturated carbocycles. The largest absolute Gasteiger partial charge is 0.460 e. The average Bonchev–Trinajstić information content (AvgIpc) is 2.77. The van der Waals surface area contributed by atoms with Crippen molar-refractivity contribution in [3.63, 3.8) is 0 Å². The number of rotatable bonds is 3. The molecule has 1 saturated heterocycles. The third kappa shape index (κ3) is 4.35. The molecule has 1 heterocycles. The van der Waals surface area contributed by atoms with Gasteiger partial charge in [0, 0.05) is 13.1 Å². The number of carbonyl (C=O) groups excluding carboxylic acids is 1. The molecule has 0 spiro atoms. The van der Waals surface area contributed by atoms with Gasteiger partial charge >= 0.3 is 5.97 Å². The van der Waals surface area contributed by atoms with Gasteiger partial charge in [-0.1, -0.05) is 30.3 Å². The number of hydrogen-bond acceptors (Lipinski definition) is 3. The van der Waals surface area contributed by atoms with Gasteiger partial charge in [0.25, 0.3) is 0 Å². The van der Waals surface area contributed by atoms with Gasteiger partial charge in [-0.15, -0.1) is 0 Å². The third-order valence-corrected chi connectivity index (χ3v) is 3.26. The van der Waals surface area contributed by atoms with Crippen LogP contribution in [0.4, 0.5) is 0 Å². The van der Waals surface area contributed by atoms with Gasteiger partial charge in [-0.3, -0.25) is 9.69 Å². The number of nitrogens with zero attached hydrogens (tertiary/aromatic N) is 1. The quantitative estimate of drug-likeness (QED) is 0.784. The van der Waals surface area contributed by atoms with Gasteiger partial charge in [-0.2, -0.15) is 0 Å².